The minimum absolute atomic E-state index is 0.142. The Morgan fingerprint density at radius 2 is 1.65 bits per heavy atom. The lowest BCUT2D eigenvalue weighted by Crippen LogP contribution is -2.42. The van der Waals surface area contributed by atoms with Crippen LogP contribution in [0.25, 0.3) is 0 Å². The van der Waals surface area contributed by atoms with Crippen LogP contribution in [0.1, 0.15) is 18.4 Å². The van der Waals surface area contributed by atoms with Crippen molar-refractivity contribution in [3.63, 3.8) is 0 Å². The normalized spacial score (nSPS) is 26.6. The third-order valence-electron chi connectivity index (χ3n) is 4.86. The molecule has 0 spiro atoms. The Morgan fingerprint density at radius 3 is 2.22 bits per heavy atom. The molecule has 23 heavy (non-hydrogen) atoms. The molecule has 4 rings (SSSR count). The summed E-state index contributed by atoms with van der Waals surface area (Å²) in [6.45, 7) is 1.01. The standard InChI is InChI=1S/C17H19N3O3/c21-15-13-9-19(17(23)18-12-6-7-12)10-14(13)16(22)20(15)8-11-4-2-1-3-5-11/h1-5,12-14H,6-10H2,(H,18,23)/t13-,14+. The van der Waals surface area contributed by atoms with Crippen molar-refractivity contribution in [1.29, 1.82) is 0 Å². The molecule has 0 radical (unpaired) electrons. The lowest BCUT2D eigenvalue weighted by atomic mass is 10.00. The van der Waals surface area contributed by atoms with Gasteiger partial charge in [0.15, 0.2) is 0 Å². The Kier molecular flexibility index (Phi) is 3.32. The molecule has 6 nitrogen and oxygen atoms in total. The summed E-state index contributed by atoms with van der Waals surface area (Å²) in [5.41, 5.74) is 0.942. The topological polar surface area (TPSA) is 69.7 Å². The summed E-state index contributed by atoms with van der Waals surface area (Å²) >= 11 is 0. The second-order valence-corrected chi connectivity index (χ2v) is 6.59. The number of hydrogen-bond acceptors (Lipinski definition) is 3. The van der Waals surface area contributed by atoms with E-state index in [1.54, 1.807) is 4.90 Å². The van der Waals surface area contributed by atoms with Crippen LogP contribution in [0, 0.1) is 11.8 Å². The summed E-state index contributed by atoms with van der Waals surface area (Å²) in [4.78, 5) is 40.2. The molecule has 1 saturated carbocycles. The number of carbonyl (C=O) groups excluding carboxylic acids is 3. The van der Waals surface area contributed by atoms with Gasteiger partial charge in [-0.05, 0) is 18.4 Å². The first kappa shape index (κ1) is 14.2. The number of nitrogens with zero attached hydrogens (tertiary/aromatic N) is 2. The summed E-state index contributed by atoms with van der Waals surface area (Å²) in [6, 6.07) is 9.65. The zero-order valence-electron chi connectivity index (χ0n) is 12.8. The van der Waals surface area contributed by atoms with Crippen molar-refractivity contribution in [2.45, 2.75) is 25.4 Å². The smallest absolute Gasteiger partial charge is 0.317 e. The predicted octanol–water partition coefficient (Wildman–Crippen LogP) is 0.975. The van der Waals surface area contributed by atoms with E-state index in [0.29, 0.717) is 19.6 Å². The molecule has 1 N–H and O–H groups in total. The Balaban J connectivity index is 1.43. The van der Waals surface area contributed by atoms with Gasteiger partial charge in [0.05, 0.1) is 18.4 Å². The zero-order chi connectivity index (χ0) is 16.0. The SMILES string of the molecule is O=C(NC1CC1)N1C[C@@H]2C(=O)N(Cc3ccccc3)C(=O)[C@@H]2C1. The predicted molar refractivity (Wildman–Crippen MR) is 82.1 cm³/mol. The van der Waals surface area contributed by atoms with Gasteiger partial charge in [-0.1, -0.05) is 30.3 Å². The van der Waals surface area contributed by atoms with Gasteiger partial charge in [-0.3, -0.25) is 14.5 Å². The number of nitrogens with one attached hydrogen (secondary N) is 1. The maximum atomic E-state index is 12.6. The van der Waals surface area contributed by atoms with Crippen molar-refractivity contribution < 1.29 is 14.4 Å². The van der Waals surface area contributed by atoms with Crippen LogP contribution in [0.2, 0.25) is 0 Å². The van der Waals surface area contributed by atoms with Crippen molar-refractivity contribution in [3.8, 4) is 0 Å². The average molecular weight is 313 g/mol. The Labute approximate surface area is 134 Å². The fourth-order valence-electron chi connectivity index (χ4n) is 3.39. The van der Waals surface area contributed by atoms with E-state index in [-0.39, 0.29) is 35.7 Å². The molecule has 1 aromatic rings. The summed E-state index contributed by atoms with van der Waals surface area (Å²) in [6.07, 6.45) is 2.05. The maximum Gasteiger partial charge on any atom is 0.317 e. The van der Waals surface area contributed by atoms with Gasteiger partial charge in [-0.15, -0.1) is 0 Å². The summed E-state index contributed by atoms with van der Waals surface area (Å²) in [5, 5.41) is 2.92. The van der Waals surface area contributed by atoms with Crippen LogP contribution in [0.15, 0.2) is 30.3 Å². The Hall–Kier alpha value is -2.37. The first-order chi connectivity index (χ1) is 11.1. The molecular formula is C17H19N3O3. The largest absolute Gasteiger partial charge is 0.335 e. The highest BCUT2D eigenvalue weighted by Crippen LogP contribution is 2.34. The summed E-state index contributed by atoms with van der Waals surface area (Å²) < 4.78 is 0. The van der Waals surface area contributed by atoms with Crippen molar-refractivity contribution in [1.82, 2.24) is 15.1 Å². The van der Waals surface area contributed by atoms with E-state index in [4.69, 9.17) is 0 Å². The van der Waals surface area contributed by atoms with Crippen molar-refractivity contribution >= 4 is 17.8 Å². The molecule has 0 bridgehead atoms. The molecular weight excluding hydrogens is 294 g/mol. The highest BCUT2D eigenvalue weighted by Gasteiger charge is 2.53. The van der Waals surface area contributed by atoms with Crippen LogP contribution >= 0.6 is 0 Å². The molecule has 6 heteroatoms. The van der Waals surface area contributed by atoms with Gasteiger partial charge in [-0.2, -0.15) is 0 Å². The second kappa shape index (κ2) is 5.37. The van der Waals surface area contributed by atoms with Gasteiger partial charge in [0.25, 0.3) is 0 Å². The van der Waals surface area contributed by atoms with Gasteiger partial charge >= 0.3 is 6.03 Å². The number of urea groups is 1. The van der Waals surface area contributed by atoms with E-state index in [2.05, 4.69) is 5.32 Å². The highest BCUT2D eigenvalue weighted by molar-refractivity contribution is 6.06. The molecule has 120 valence electrons. The van der Waals surface area contributed by atoms with Crippen LogP contribution < -0.4 is 5.32 Å². The molecule has 2 aliphatic heterocycles. The lowest BCUT2D eigenvalue weighted by molar-refractivity contribution is -0.141. The van der Waals surface area contributed by atoms with Crippen LogP contribution in [-0.4, -0.2) is 46.8 Å². The molecule has 0 aromatic heterocycles. The Morgan fingerprint density at radius 1 is 1.04 bits per heavy atom. The number of imide groups is 1. The van der Waals surface area contributed by atoms with Gasteiger partial charge in [0, 0.05) is 19.1 Å². The van der Waals surface area contributed by atoms with Gasteiger partial charge in [-0.25, -0.2) is 4.79 Å². The van der Waals surface area contributed by atoms with Crippen molar-refractivity contribution in [2.75, 3.05) is 13.1 Å². The van der Waals surface area contributed by atoms with Crippen LogP contribution in [0.5, 0.6) is 0 Å². The Bertz CT molecular complexity index is 632. The number of carbonyl (C=O) groups is 3. The van der Waals surface area contributed by atoms with Gasteiger partial charge in [0.1, 0.15) is 0 Å². The highest BCUT2D eigenvalue weighted by atomic mass is 16.2. The van der Waals surface area contributed by atoms with E-state index >= 15 is 0 Å². The average Bonchev–Trinajstić information content (AvgIpc) is 3.21. The van der Waals surface area contributed by atoms with E-state index in [1.165, 1.54) is 4.90 Å². The first-order valence-corrected chi connectivity index (χ1v) is 8.08. The quantitative estimate of drug-likeness (QED) is 0.846. The van der Waals surface area contributed by atoms with Gasteiger partial charge in [0.2, 0.25) is 11.8 Å². The number of hydrogen-bond donors (Lipinski definition) is 1. The van der Waals surface area contributed by atoms with E-state index in [1.807, 2.05) is 30.3 Å². The van der Waals surface area contributed by atoms with E-state index in [9.17, 15) is 14.4 Å². The van der Waals surface area contributed by atoms with Crippen molar-refractivity contribution in [3.05, 3.63) is 35.9 Å². The van der Waals surface area contributed by atoms with Crippen molar-refractivity contribution in [2.24, 2.45) is 11.8 Å². The maximum absolute atomic E-state index is 12.6. The van der Waals surface area contributed by atoms with Gasteiger partial charge < -0.3 is 10.2 Å². The lowest BCUT2D eigenvalue weighted by Gasteiger charge is -2.21. The van der Waals surface area contributed by atoms with E-state index in [0.717, 1.165) is 18.4 Å². The minimum atomic E-state index is -0.379. The second-order valence-electron chi connectivity index (χ2n) is 6.59. The molecule has 0 unspecified atom stereocenters. The minimum Gasteiger partial charge on any atom is -0.335 e. The summed E-state index contributed by atoms with van der Waals surface area (Å²) in [5.74, 6) is -1.05. The number of fused-ring (bicyclic) bond motifs is 1. The van der Waals surface area contributed by atoms with Crippen LogP contribution in [0.4, 0.5) is 4.79 Å². The van der Waals surface area contributed by atoms with Crippen LogP contribution in [-0.2, 0) is 16.1 Å². The molecule has 2 heterocycles. The number of amides is 4. The fraction of sp³-hybridized carbons (Fsp3) is 0.471. The molecule has 1 aromatic carbocycles. The fourth-order valence-corrected chi connectivity index (χ4v) is 3.39. The molecule has 2 atom stereocenters. The number of likely N-dealkylation sites (tertiary alicyclic amines) is 2. The first-order valence-electron chi connectivity index (χ1n) is 8.08. The zero-order valence-corrected chi connectivity index (χ0v) is 12.8. The summed E-state index contributed by atoms with van der Waals surface area (Å²) in [7, 11) is 0. The monoisotopic (exact) mass is 313 g/mol. The number of rotatable bonds is 3. The van der Waals surface area contributed by atoms with Crippen LogP contribution in [0.3, 0.4) is 0 Å². The van der Waals surface area contributed by atoms with E-state index < -0.39 is 0 Å². The third kappa shape index (κ3) is 2.58. The number of benzene rings is 1. The molecule has 2 saturated heterocycles. The third-order valence-corrected chi connectivity index (χ3v) is 4.86. The molecule has 3 fully saturated rings. The molecule has 1 aliphatic carbocycles. The molecule has 4 amide bonds. The molecule has 3 aliphatic rings.